The van der Waals surface area contributed by atoms with E-state index in [1.54, 1.807) is 0 Å². The highest BCUT2D eigenvalue weighted by atomic mass is 19.1. The van der Waals surface area contributed by atoms with Crippen LogP contribution in [0.2, 0.25) is 0 Å². The Morgan fingerprint density at radius 2 is 2.18 bits per heavy atom. The first-order valence-corrected chi connectivity index (χ1v) is 3.65. The average molecular weight is 153 g/mol. The summed E-state index contributed by atoms with van der Waals surface area (Å²) in [5.74, 6) is -0.00435. The van der Waals surface area contributed by atoms with Gasteiger partial charge in [0.2, 0.25) is 6.20 Å². The second kappa shape index (κ2) is 2.19. The van der Waals surface area contributed by atoms with Crippen LogP contribution in [0.25, 0.3) is 0 Å². The lowest BCUT2D eigenvalue weighted by Crippen LogP contribution is -2.26. The summed E-state index contributed by atoms with van der Waals surface area (Å²) < 4.78 is 13.1. The summed E-state index contributed by atoms with van der Waals surface area (Å²) in [5, 5.41) is 10.7. The van der Waals surface area contributed by atoms with Gasteiger partial charge in [0, 0.05) is 5.56 Å². The summed E-state index contributed by atoms with van der Waals surface area (Å²) in [4.78, 5) is 0. The number of nitrogens with zero attached hydrogens (tertiary/aromatic N) is 1. The first kappa shape index (κ1) is 6.58. The number of hydrogen-bond acceptors (Lipinski definition) is 1. The lowest BCUT2D eigenvalue weighted by molar-refractivity contribution is -0.607. The Balaban J connectivity index is 2.39. The van der Waals surface area contributed by atoms with Crippen molar-refractivity contribution in [2.24, 2.45) is 0 Å². The quantitative estimate of drug-likeness (QED) is 0.441. The molecule has 1 saturated carbocycles. The Morgan fingerprint density at radius 3 is 2.73 bits per heavy atom. The lowest BCUT2D eigenvalue weighted by Gasteiger charge is -1.98. The third kappa shape index (κ3) is 1.31. The van der Waals surface area contributed by atoms with Crippen molar-refractivity contribution in [2.75, 3.05) is 0 Å². The molecule has 1 heterocycles. The smallest absolute Gasteiger partial charge is 0.216 e. The zero-order valence-electron chi connectivity index (χ0n) is 5.96. The fraction of sp³-hybridized carbons (Fsp3) is 0.375. The van der Waals surface area contributed by atoms with E-state index in [9.17, 15) is 9.60 Å². The van der Waals surface area contributed by atoms with Gasteiger partial charge in [-0.15, -0.1) is 0 Å². The van der Waals surface area contributed by atoms with Gasteiger partial charge >= 0.3 is 0 Å². The summed E-state index contributed by atoms with van der Waals surface area (Å²) in [7, 11) is 0. The third-order valence-corrected chi connectivity index (χ3v) is 1.88. The normalized spacial score (nSPS) is 16.8. The fourth-order valence-corrected chi connectivity index (χ4v) is 1.18. The molecule has 0 amide bonds. The molecule has 0 unspecified atom stereocenters. The molecule has 1 aromatic heterocycles. The maximum absolute atomic E-state index is 12.6. The minimum Gasteiger partial charge on any atom is -0.619 e. The van der Waals surface area contributed by atoms with E-state index in [0.29, 0.717) is 10.6 Å². The van der Waals surface area contributed by atoms with Gasteiger partial charge in [-0.25, -0.2) is 4.39 Å². The zero-order chi connectivity index (χ0) is 7.84. The largest absolute Gasteiger partial charge is 0.619 e. The van der Waals surface area contributed by atoms with Crippen molar-refractivity contribution in [3.8, 4) is 0 Å². The molecule has 0 N–H and O–H groups in total. The maximum atomic E-state index is 12.6. The van der Waals surface area contributed by atoms with E-state index in [4.69, 9.17) is 0 Å². The number of rotatable bonds is 1. The molecule has 2 nitrogen and oxygen atoms in total. The van der Waals surface area contributed by atoms with Gasteiger partial charge in [-0.3, -0.25) is 0 Å². The Morgan fingerprint density at radius 1 is 1.45 bits per heavy atom. The highest BCUT2D eigenvalue weighted by Gasteiger charge is 2.25. The second-order valence-electron chi connectivity index (χ2n) is 2.92. The van der Waals surface area contributed by atoms with Gasteiger partial charge < -0.3 is 5.21 Å². The summed E-state index contributed by atoms with van der Waals surface area (Å²) in [6.07, 6.45) is 4.56. The van der Waals surface area contributed by atoms with Gasteiger partial charge in [0.1, 0.15) is 0 Å². The van der Waals surface area contributed by atoms with Gasteiger partial charge in [0.25, 0.3) is 0 Å². The van der Waals surface area contributed by atoms with Crippen molar-refractivity contribution in [2.45, 2.75) is 18.8 Å². The summed E-state index contributed by atoms with van der Waals surface area (Å²) in [6, 6.07) is 1.44. The molecule has 0 atom stereocenters. The highest BCUT2D eigenvalue weighted by Crippen LogP contribution is 2.39. The number of halogens is 1. The summed E-state index contributed by atoms with van der Waals surface area (Å²) >= 11 is 0. The standard InChI is InChI=1S/C8H8FNO/c9-8-3-7(6-1-2-6)4-10(11)5-8/h3-6H,1-2H2. The number of aromatic nitrogens is 1. The van der Waals surface area contributed by atoms with Crippen LogP contribution in [0.15, 0.2) is 18.5 Å². The van der Waals surface area contributed by atoms with E-state index >= 15 is 0 Å². The van der Waals surface area contributed by atoms with Crippen LogP contribution in [0.4, 0.5) is 4.39 Å². The molecule has 58 valence electrons. The van der Waals surface area contributed by atoms with Crippen LogP contribution in [0, 0.1) is 11.0 Å². The second-order valence-corrected chi connectivity index (χ2v) is 2.92. The van der Waals surface area contributed by atoms with Crippen LogP contribution in [-0.4, -0.2) is 0 Å². The lowest BCUT2D eigenvalue weighted by atomic mass is 10.2. The zero-order valence-corrected chi connectivity index (χ0v) is 5.96. The molecule has 0 aliphatic heterocycles. The van der Waals surface area contributed by atoms with Crippen molar-refractivity contribution in [3.63, 3.8) is 0 Å². The fourth-order valence-electron chi connectivity index (χ4n) is 1.18. The SMILES string of the molecule is [O-][n+]1cc(F)cc(C2CC2)c1. The predicted molar refractivity (Wildman–Crippen MR) is 37.3 cm³/mol. The monoisotopic (exact) mass is 153 g/mol. The molecule has 0 bridgehead atoms. The number of pyridine rings is 1. The molecule has 0 aromatic carbocycles. The van der Waals surface area contributed by atoms with Crippen LogP contribution < -0.4 is 4.73 Å². The summed E-state index contributed by atoms with van der Waals surface area (Å²) in [6.45, 7) is 0. The molecular weight excluding hydrogens is 145 g/mol. The van der Waals surface area contributed by atoms with Gasteiger partial charge in [-0.1, -0.05) is 0 Å². The topological polar surface area (TPSA) is 26.9 Å². The van der Waals surface area contributed by atoms with Crippen LogP contribution in [-0.2, 0) is 0 Å². The minimum absolute atomic E-state index is 0.436. The molecule has 2 rings (SSSR count). The van der Waals surface area contributed by atoms with Crippen molar-refractivity contribution in [3.05, 3.63) is 35.0 Å². The van der Waals surface area contributed by atoms with E-state index in [0.717, 1.165) is 24.6 Å². The van der Waals surface area contributed by atoms with Gasteiger partial charge in [0.15, 0.2) is 12.0 Å². The van der Waals surface area contributed by atoms with Crippen LogP contribution >= 0.6 is 0 Å². The van der Waals surface area contributed by atoms with Crippen LogP contribution in [0.5, 0.6) is 0 Å². The molecule has 11 heavy (non-hydrogen) atoms. The van der Waals surface area contributed by atoms with E-state index < -0.39 is 5.82 Å². The molecule has 0 radical (unpaired) electrons. The van der Waals surface area contributed by atoms with Gasteiger partial charge in [-0.2, -0.15) is 4.73 Å². The Labute approximate surface area is 63.9 Å². The number of hydrogen-bond donors (Lipinski definition) is 0. The van der Waals surface area contributed by atoms with E-state index in [1.807, 2.05) is 0 Å². The van der Waals surface area contributed by atoms with E-state index in [1.165, 1.54) is 12.3 Å². The molecule has 1 aromatic rings. The molecule has 0 spiro atoms. The van der Waals surface area contributed by atoms with Crippen molar-refractivity contribution in [1.82, 2.24) is 0 Å². The first-order valence-electron chi connectivity index (χ1n) is 3.65. The van der Waals surface area contributed by atoms with Crippen LogP contribution in [0.3, 0.4) is 0 Å². The van der Waals surface area contributed by atoms with E-state index in [-0.39, 0.29) is 0 Å². The molecule has 1 fully saturated rings. The van der Waals surface area contributed by atoms with Gasteiger partial charge in [0.05, 0.1) is 0 Å². The molecule has 0 saturated heterocycles. The molecule has 1 aliphatic rings. The predicted octanol–water partition coefficient (Wildman–Crippen LogP) is 1.34. The van der Waals surface area contributed by atoms with Crippen molar-refractivity contribution < 1.29 is 9.12 Å². The molecule has 1 aliphatic carbocycles. The first-order chi connectivity index (χ1) is 5.25. The Kier molecular flexibility index (Phi) is 1.31. The minimum atomic E-state index is -0.440. The van der Waals surface area contributed by atoms with Crippen molar-refractivity contribution >= 4 is 0 Å². The molecule has 3 heteroatoms. The maximum Gasteiger partial charge on any atom is 0.216 e. The van der Waals surface area contributed by atoms with Gasteiger partial charge in [-0.05, 0) is 24.8 Å². The van der Waals surface area contributed by atoms with E-state index in [2.05, 4.69) is 0 Å². The van der Waals surface area contributed by atoms with Crippen molar-refractivity contribution in [1.29, 1.82) is 0 Å². The highest BCUT2D eigenvalue weighted by molar-refractivity contribution is 5.18. The average Bonchev–Trinajstić information content (AvgIpc) is 2.64. The Hall–Kier alpha value is -1.12. The summed E-state index contributed by atoms with van der Waals surface area (Å²) in [5.41, 5.74) is 0.833. The van der Waals surface area contributed by atoms with Crippen LogP contribution in [0.1, 0.15) is 24.3 Å². The Bertz CT molecular complexity index is 263. The third-order valence-electron chi connectivity index (χ3n) is 1.88. The molecular formula is C8H8FNO.